The lowest BCUT2D eigenvalue weighted by atomic mass is 10.2. The van der Waals surface area contributed by atoms with Gasteiger partial charge in [-0.15, -0.1) is 0 Å². The highest BCUT2D eigenvalue weighted by Gasteiger charge is 2.10. The van der Waals surface area contributed by atoms with E-state index in [0.717, 1.165) is 5.69 Å². The Hall–Kier alpha value is -3.22. The van der Waals surface area contributed by atoms with Gasteiger partial charge in [0.15, 0.2) is 11.5 Å². The highest BCUT2D eigenvalue weighted by Crippen LogP contribution is 2.36. The Morgan fingerprint density at radius 1 is 1.17 bits per heavy atom. The number of para-hydroxylation sites is 1. The molecule has 0 atom stereocenters. The van der Waals surface area contributed by atoms with E-state index < -0.39 is 0 Å². The van der Waals surface area contributed by atoms with Crippen LogP contribution in [0.2, 0.25) is 0 Å². The minimum Gasteiger partial charge on any atom is -0.502 e. The molecule has 0 aliphatic rings. The summed E-state index contributed by atoms with van der Waals surface area (Å²) < 4.78 is 10.1. The Bertz CT molecular complexity index is 692. The number of nitrogens with zero attached hydrogens (tertiary/aromatic N) is 1. The Kier molecular flexibility index (Phi) is 6.01. The van der Waals surface area contributed by atoms with Crippen molar-refractivity contribution in [1.29, 1.82) is 0 Å². The van der Waals surface area contributed by atoms with Gasteiger partial charge in [-0.1, -0.05) is 18.2 Å². The third kappa shape index (κ3) is 4.64. The maximum absolute atomic E-state index is 11.7. The first-order valence-electron chi connectivity index (χ1n) is 7.20. The number of hydrogen-bond acceptors (Lipinski definition) is 6. The molecule has 0 heterocycles. The number of anilines is 1. The number of phenolic OH excluding ortho intramolecular Hbond substituents is 1. The first-order valence-corrected chi connectivity index (χ1v) is 7.20. The van der Waals surface area contributed by atoms with Crippen LogP contribution in [0.15, 0.2) is 47.6 Å². The topological polar surface area (TPSA) is 92.2 Å². The van der Waals surface area contributed by atoms with Crippen molar-refractivity contribution in [1.82, 2.24) is 5.43 Å². The van der Waals surface area contributed by atoms with Gasteiger partial charge in [0.2, 0.25) is 5.75 Å². The molecule has 0 spiro atoms. The molecule has 0 bridgehead atoms. The smallest absolute Gasteiger partial charge is 0.259 e. The van der Waals surface area contributed by atoms with E-state index in [-0.39, 0.29) is 29.7 Å². The van der Waals surface area contributed by atoms with Gasteiger partial charge in [0.25, 0.3) is 5.91 Å². The van der Waals surface area contributed by atoms with Crippen LogP contribution in [0.3, 0.4) is 0 Å². The molecule has 0 unspecified atom stereocenters. The number of nitrogens with one attached hydrogen (secondary N) is 2. The number of benzene rings is 2. The van der Waals surface area contributed by atoms with Crippen molar-refractivity contribution in [2.75, 3.05) is 26.1 Å². The van der Waals surface area contributed by atoms with E-state index in [9.17, 15) is 9.90 Å². The molecular weight excluding hydrogens is 310 g/mol. The van der Waals surface area contributed by atoms with E-state index in [0.29, 0.717) is 5.56 Å². The molecule has 0 aliphatic carbocycles. The first-order chi connectivity index (χ1) is 11.6. The molecule has 0 radical (unpaired) electrons. The molecule has 24 heavy (non-hydrogen) atoms. The summed E-state index contributed by atoms with van der Waals surface area (Å²) in [5.41, 5.74) is 3.88. The normalized spacial score (nSPS) is 10.4. The van der Waals surface area contributed by atoms with Gasteiger partial charge in [-0.2, -0.15) is 5.10 Å². The van der Waals surface area contributed by atoms with Gasteiger partial charge in [-0.25, -0.2) is 5.43 Å². The fourth-order valence-electron chi connectivity index (χ4n) is 1.94. The fourth-order valence-corrected chi connectivity index (χ4v) is 1.94. The van der Waals surface area contributed by atoms with Crippen molar-refractivity contribution in [3.05, 3.63) is 48.0 Å². The second kappa shape index (κ2) is 8.42. The second-order valence-corrected chi connectivity index (χ2v) is 4.79. The van der Waals surface area contributed by atoms with Crippen LogP contribution < -0.4 is 20.2 Å². The van der Waals surface area contributed by atoms with Gasteiger partial charge in [0.1, 0.15) is 0 Å². The number of phenols is 1. The number of amides is 1. The third-order valence-corrected chi connectivity index (χ3v) is 3.13. The third-order valence-electron chi connectivity index (χ3n) is 3.13. The van der Waals surface area contributed by atoms with E-state index >= 15 is 0 Å². The second-order valence-electron chi connectivity index (χ2n) is 4.79. The zero-order valence-electron chi connectivity index (χ0n) is 13.4. The lowest BCUT2D eigenvalue weighted by molar-refractivity contribution is -0.119. The monoisotopic (exact) mass is 329 g/mol. The number of hydrogen-bond donors (Lipinski definition) is 3. The lowest BCUT2D eigenvalue weighted by Crippen LogP contribution is -2.25. The SMILES string of the molecule is COc1cc(/C=N/NC(=O)CNc2ccccc2)cc(OC)c1O. The van der Waals surface area contributed by atoms with Crippen LogP contribution in [-0.2, 0) is 4.79 Å². The molecule has 2 aromatic carbocycles. The van der Waals surface area contributed by atoms with Crippen LogP contribution in [0.1, 0.15) is 5.56 Å². The van der Waals surface area contributed by atoms with E-state index in [1.807, 2.05) is 30.3 Å². The predicted molar refractivity (Wildman–Crippen MR) is 91.9 cm³/mol. The van der Waals surface area contributed by atoms with Crippen molar-refractivity contribution in [3.8, 4) is 17.2 Å². The number of ether oxygens (including phenoxy) is 2. The molecule has 0 saturated heterocycles. The average molecular weight is 329 g/mol. The molecule has 3 N–H and O–H groups in total. The zero-order valence-corrected chi connectivity index (χ0v) is 13.4. The summed E-state index contributed by atoms with van der Waals surface area (Å²) >= 11 is 0. The van der Waals surface area contributed by atoms with E-state index in [4.69, 9.17) is 9.47 Å². The van der Waals surface area contributed by atoms with Gasteiger partial charge >= 0.3 is 0 Å². The highest BCUT2D eigenvalue weighted by molar-refractivity contribution is 5.85. The summed E-state index contributed by atoms with van der Waals surface area (Å²) in [6.45, 7) is 0.101. The van der Waals surface area contributed by atoms with Crippen molar-refractivity contribution in [2.45, 2.75) is 0 Å². The van der Waals surface area contributed by atoms with Crippen LogP contribution >= 0.6 is 0 Å². The number of carbonyl (C=O) groups is 1. The molecular formula is C17H19N3O4. The molecule has 2 aromatic rings. The Balaban J connectivity index is 1.92. The van der Waals surface area contributed by atoms with Gasteiger partial charge in [-0.05, 0) is 24.3 Å². The Labute approximate surface area is 139 Å². The molecule has 0 aliphatic heterocycles. The highest BCUT2D eigenvalue weighted by atomic mass is 16.5. The van der Waals surface area contributed by atoms with Gasteiger partial charge in [-0.3, -0.25) is 4.79 Å². The van der Waals surface area contributed by atoms with Crippen LogP contribution in [0.25, 0.3) is 0 Å². The summed E-state index contributed by atoms with van der Waals surface area (Å²) in [4.78, 5) is 11.7. The minimum absolute atomic E-state index is 0.0896. The van der Waals surface area contributed by atoms with Gasteiger partial charge in [0.05, 0.1) is 27.0 Å². The molecule has 0 saturated carbocycles. The van der Waals surface area contributed by atoms with Crippen LogP contribution in [-0.4, -0.2) is 38.0 Å². The van der Waals surface area contributed by atoms with E-state index in [1.54, 1.807) is 12.1 Å². The maximum Gasteiger partial charge on any atom is 0.259 e. The van der Waals surface area contributed by atoms with Crippen molar-refractivity contribution < 1.29 is 19.4 Å². The molecule has 2 rings (SSSR count). The fraction of sp³-hybridized carbons (Fsp3) is 0.176. The Morgan fingerprint density at radius 3 is 2.38 bits per heavy atom. The minimum atomic E-state index is -0.284. The molecule has 0 aromatic heterocycles. The van der Waals surface area contributed by atoms with Crippen molar-refractivity contribution >= 4 is 17.8 Å². The molecule has 1 amide bonds. The zero-order chi connectivity index (χ0) is 17.4. The summed E-state index contributed by atoms with van der Waals surface area (Å²) in [5, 5.41) is 16.7. The number of carbonyl (C=O) groups excluding carboxylic acids is 1. The van der Waals surface area contributed by atoms with Gasteiger partial charge < -0.3 is 19.9 Å². The summed E-state index contributed by atoms with van der Waals surface area (Å²) in [6, 6.07) is 12.5. The summed E-state index contributed by atoms with van der Waals surface area (Å²) in [5.74, 6) is 0.141. The first kappa shape index (κ1) is 17.1. The number of hydrazone groups is 1. The molecule has 126 valence electrons. The van der Waals surface area contributed by atoms with Gasteiger partial charge in [0, 0.05) is 11.3 Å². The number of rotatable bonds is 7. The standard InChI is InChI=1S/C17H19N3O4/c1-23-14-8-12(9-15(24-2)17(14)22)10-19-20-16(21)11-18-13-6-4-3-5-7-13/h3-10,18,22H,11H2,1-2H3,(H,20,21)/b19-10+. The lowest BCUT2D eigenvalue weighted by Gasteiger charge is -2.09. The van der Waals surface area contributed by atoms with E-state index in [1.165, 1.54) is 20.4 Å². The largest absolute Gasteiger partial charge is 0.502 e. The van der Waals surface area contributed by atoms with E-state index in [2.05, 4.69) is 15.8 Å². The predicted octanol–water partition coefficient (Wildman–Crippen LogP) is 1.97. The maximum atomic E-state index is 11.7. The summed E-state index contributed by atoms with van der Waals surface area (Å²) in [7, 11) is 2.87. The molecule has 7 heteroatoms. The Morgan fingerprint density at radius 2 is 1.79 bits per heavy atom. The number of methoxy groups -OCH3 is 2. The van der Waals surface area contributed by atoms with Crippen LogP contribution in [0, 0.1) is 0 Å². The number of aromatic hydroxyl groups is 1. The summed E-state index contributed by atoms with van der Waals surface area (Å²) in [6.07, 6.45) is 1.44. The molecule has 7 nitrogen and oxygen atoms in total. The van der Waals surface area contributed by atoms with Crippen LogP contribution in [0.5, 0.6) is 17.2 Å². The molecule has 0 fully saturated rings. The van der Waals surface area contributed by atoms with Crippen LogP contribution in [0.4, 0.5) is 5.69 Å². The van der Waals surface area contributed by atoms with Crippen molar-refractivity contribution in [2.24, 2.45) is 5.10 Å². The average Bonchev–Trinajstić information content (AvgIpc) is 2.62. The van der Waals surface area contributed by atoms with Crippen molar-refractivity contribution in [3.63, 3.8) is 0 Å². The quantitative estimate of drug-likeness (QED) is 0.533.